The first-order valence-electron chi connectivity index (χ1n) is 5.86. The van der Waals surface area contributed by atoms with Crippen LogP contribution >= 0.6 is 22.9 Å². The molecule has 94 valence electrons. The van der Waals surface area contributed by atoms with E-state index in [2.05, 4.69) is 29.4 Å². The van der Waals surface area contributed by atoms with Gasteiger partial charge >= 0.3 is 0 Å². The second-order valence-corrected chi connectivity index (χ2v) is 6.40. The van der Waals surface area contributed by atoms with E-state index >= 15 is 0 Å². The number of aromatic nitrogens is 2. The van der Waals surface area contributed by atoms with Crippen LogP contribution in [0.3, 0.4) is 0 Å². The Hall–Kier alpha value is -0.680. The molecule has 17 heavy (non-hydrogen) atoms. The molecule has 0 saturated heterocycles. The molecule has 1 amide bonds. The Balaban J connectivity index is 1.95. The lowest BCUT2D eigenvalue weighted by Crippen LogP contribution is -2.42. The van der Waals surface area contributed by atoms with Crippen molar-refractivity contribution in [3.8, 4) is 0 Å². The van der Waals surface area contributed by atoms with E-state index in [1.54, 1.807) is 0 Å². The van der Waals surface area contributed by atoms with Gasteiger partial charge in [-0.2, -0.15) is 0 Å². The van der Waals surface area contributed by atoms with Crippen LogP contribution in [0, 0.1) is 11.8 Å². The van der Waals surface area contributed by atoms with Crippen LogP contribution in [0.25, 0.3) is 0 Å². The van der Waals surface area contributed by atoms with Crippen LogP contribution in [0.1, 0.15) is 42.9 Å². The summed E-state index contributed by atoms with van der Waals surface area (Å²) >= 11 is 6.78. The molecule has 6 heteroatoms. The third kappa shape index (κ3) is 3.16. The zero-order chi connectivity index (χ0) is 12.4. The van der Waals surface area contributed by atoms with Crippen molar-refractivity contribution >= 4 is 28.8 Å². The van der Waals surface area contributed by atoms with E-state index in [1.807, 2.05) is 0 Å². The quantitative estimate of drug-likeness (QED) is 0.901. The fourth-order valence-electron chi connectivity index (χ4n) is 2.41. The Kier molecular flexibility index (Phi) is 3.99. The summed E-state index contributed by atoms with van der Waals surface area (Å²) in [5, 5.41) is 10.8. The van der Waals surface area contributed by atoms with Crippen LogP contribution in [-0.4, -0.2) is 22.1 Å². The predicted octanol–water partition coefficient (Wildman–Crippen LogP) is 2.75. The number of carbonyl (C=O) groups excluding carboxylic acids is 1. The molecule has 1 aliphatic carbocycles. The third-order valence-corrected chi connectivity index (χ3v) is 4.36. The minimum Gasteiger partial charge on any atom is -0.347 e. The van der Waals surface area contributed by atoms with E-state index in [0.29, 0.717) is 15.4 Å². The maximum atomic E-state index is 11.9. The van der Waals surface area contributed by atoms with Crippen molar-refractivity contribution in [2.45, 2.75) is 39.2 Å². The SMILES string of the molecule is CC1CCC(NC(=O)c2nnc(Cl)s2)C(C)C1. The Labute approximate surface area is 110 Å². The summed E-state index contributed by atoms with van der Waals surface area (Å²) in [6, 6.07) is 0.251. The summed E-state index contributed by atoms with van der Waals surface area (Å²) in [6.45, 7) is 4.45. The fraction of sp³-hybridized carbons (Fsp3) is 0.727. The topological polar surface area (TPSA) is 54.9 Å². The molecule has 3 atom stereocenters. The van der Waals surface area contributed by atoms with Gasteiger partial charge in [0.1, 0.15) is 0 Å². The van der Waals surface area contributed by atoms with Gasteiger partial charge in [0.15, 0.2) is 0 Å². The van der Waals surface area contributed by atoms with Crippen LogP contribution in [0.5, 0.6) is 0 Å². The normalized spacial score (nSPS) is 29.0. The average Bonchev–Trinajstić information content (AvgIpc) is 2.69. The molecule has 0 bridgehead atoms. The van der Waals surface area contributed by atoms with E-state index in [9.17, 15) is 4.79 Å². The van der Waals surface area contributed by atoms with Gasteiger partial charge in [0.05, 0.1) is 0 Å². The molecule has 0 spiro atoms. The summed E-state index contributed by atoms with van der Waals surface area (Å²) in [6.07, 6.45) is 3.38. The summed E-state index contributed by atoms with van der Waals surface area (Å²) in [4.78, 5) is 11.9. The monoisotopic (exact) mass is 273 g/mol. The number of amides is 1. The van der Waals surface area contributed by atoms with Gasteiger partial charge in [-0.1, -0.05) is 25.2 Å². The molecule has 1 N–H and O–H groups in total. The second-order valence-electron chi connectivity index (χ2n) is 4.84. The van der Waals surface area contributed by atoms with E-state index < -0.39 is 0 Å². The van der Waals surface area contributed by atoms with Gasteiger partial charge in [-0.05, 0) is 42.7 Å². The highest BCUT2D eigenvalue weighted by Crippen LogP contribution is 2.28. The van der Waals surface area contributed by atoms with E-state index in [4.69, 9.17) is 11.6 Å². The third-order valence-electron chi connectivity index (χ3n) is 3.34. The molecule has 1 saturated carbocycles. The summed E-state index contributed by atoms with van der Waals surface area (Å²) < 4.78 is 0.306. The Bertz CT molecular complexity index is 409. The smallest absolute Gasteiger partial charge is 0.282 e. The molecule has 4 nitrogen and oxygen atoms in total. The largest absolute Gasteiger partial charge is 0.347 e. The number of nitrogens with zero attached hydrogens (tertiary/aromatic N) is 2. The number of hydrogen-bond acceptors (Lipinski definition) is 4. The molecule has 0 radical (unpaired) electrons. The van der Waals surface area contributed by atoms with Crippen molar-refractivity contribution in [3.63, 3.8) is 0 Å². The van der Waals surface area contributed by atoms with Crippen molar-refractivity contribution < 1.29 is 4.79 Å². The maximum Gasteiger partial charge on any atom is 0.282 e. The highest BCUT2D eigenvalue weighted by atomic mass is 35.5. The molecule has 1 heterocycles. The number of carbonyl (C=O) groups is 1. The Morgan fingerprint density at radius 3 is 2.76 bits per heavy atom. The number of halogens is 1. The molecule has 0 aromatic carbocycles. The molecule has 1 fully saturated rings. The number of nitrogens with one attached hydrogen (secondary N) is 1. The number of rotatable bonds is 2. The van der Waals surface area contributed by atoms with Crippen LogP contribution in [0.15, 0.2) is 0 Å². The first-order chi connectivity index (χ1) is 8.06. The maximum absolute atomic E-state index is 11.9. The average molecular weight is 274 g/mol. The van der Waals surface area contributed by atoms with Crippen molar-refractivity contribution in [2.75, 3.05) is 0 Å². The lowest BCUT2D eigenvalue weighted by atomic mass is 9.80. The zero-order valence-electron chi connectivity index (χ0n) is 9.94. The van der Waals surface area contributed by atoms with E-state index in [-0.39, 0.29) is 11.9 Å². The molecule has 0 aliphatic heterocycles. The van der Waals surface area contributed by atoms with Gasteiger partial charge in [-0.15, -0.1) is 10.2 Å². The molecule has 1 aromatic rings. The van der Waals surface area contributed by atoms with Crippen LogP contribution in [0.2, 0.25) is 4.47 Å². The van der Waals surface area contributed by atoms with Crippen LogP contribution < -0.4 is 5.32 Å². The van der Waals surface area contributed by atoms with Crippen molar-refractivity contribution in [3.05, 3.63) is 9.47 Å². The molecule has 1 aromatic heterocycles. The lowest BCUT2D eigenvalue weighted by Gasteiger charge is -2.32. The summed E-state index contributed by atoms with van der Waals surface area (Å²) in [5.74, 6) is 1.13. The molecule has 2 rings (SSSR count). The molecule has 3 unspecified atom stereocenters. The Morgan fingerprint density at radius 1 is 1.41 bits per heavy atom. The number of hydrogen-bond donors (Lipinski definition) is 1. The van der Waals surface area contributed by atoms with Gasteiger partial charge in [0, 0.05) is 6.04 Å². The fourth-order valence-corrected chi connectivity index (χ4v) is 3.14. The zero-order valence-corrected chi connectivity index (χ0v) is 11.5. The first-order valence-corrected chi connectivity index (χ1v) is 7.05. The highest BCUT2D eigenvalue weighted by molar-refractivity contribution is 7.17. The Morgan fingerprint density at radius 2 is 2.18 bits per heavy atom. The van der Waals surface area contributed by atoms with Crippen LogP contribution in [0.4, 0.5) is 0 Å². The van der Waals surface area contributed by atoms with Gasteiger partial charge in [-0.3, -0.25) is 4.79 Å². The summed E-state index contributed by atoms with van der Waals surface area (Å²) in [5.41, 5.74) is 0. The second kappa shape index (κ2) is 5.31. The van der Waals surface area contributed by atoms with Crippen LogP contribution in [-0.2, 0) is 0 Å². The van der Waals surface area contributed by atoms with E-state index in [1.165, 1.54) is 12.8 Å². The van der Waals surface area contributed by atoms with Crippen molar-refractivity contribution in [2.24, 2.45) is 11.8 Å². The minimum absolute atomic E-state index is 0.152. The molecular weight excluding hydrogens is 258 g/mol. The molecule has 1 aliphatic rings. The van der Waals surface area contributed by atoms with Crippen molar-refractivity contribution in [1.82, 2.24) is 15.5 Å². The predicted molar refractivity (Wildman–Crippen MR) is 68.4 cm³/mol. The van der Waals surface area contributed by atoms with Crippen molar-refractivity contribution in [1.29, 1.82) is 0 Å². The lowest BCUT2D eigenvalue weighted by molar-refractivity contribution is 0.0898. The minimum atomic E-state index is -0.152. The van der Waals surface area contributed by atoms with Gasteiger partial charge < -0.3 is 5.32 Å². The van der Waals surface area contributed by atoms with E-state index in [0.717, 1.165) is 23.7 Å². The standard InChI is InChI=1S/C11H16ClN3OS/c1-6-3-4-8(7(2)5-6)13-9(16)10-14-15-11(12)17-10/h6-8H,3-5H2,1-2H3,(H,13,16). The highest BCUT2D eigenvalue weighted by Gasteiger charge is 2.27. The van der Waals surface area contributed by atoms with Gasteiger partial charge in [-0.25, -0.2) is 0 Å². The molecular formula is C11H16ClN3OS. The van der Waals surface area contributed by atoms with Gasteiger partial charge in [0.25, 0.3) is 5.91 Å². The summed E-state index contributed by atoms with van der Waals surface area (Å²) in [7, 11) is 0. The van der Waals surface area contributed by atoms with Gasteiger partial charge in [0.2, 0.25) is 9.47 Å². The first kappa shape index (κ1) is 12.8.